The summed E-state index contributed by atoms with van der Waals surface area (Å²) in [5.74, 6) is 0. The minimum Gasteiger partial charge on any atom is -0.399 e. The van der Waals surface area contributed by atoms with Crippen LogP contribution >= 0.6 is 0 Å². The van der Waals surface area contributed by atoms with Gasteiger partial charge in [-0.25, -0.2) is 4.98 Å². The molecule has 4 heteroatoms. The Morgan fingerprint density at radius 2 is 1.92 bits per heavy atom. The lowest BCUT2D eigenvalue weighted by Gasteiger charge is -2.18. The van der Waals surface area contributed by atoms with Gasteiger partial charge in [0.1, 0.15) is 5.65 Å². The van der Waals surface area contributed by atoms with Gasteiger partial charge in [-0.15, -0.1) is 0 Å². The predicted molar refractivity (Wildman–Crippen MR) is 97.9 cm³/mol. The smallest absolute Gasteiger partial charge is 0.261 e. The highest BCUT2D eigenvalue weighted by Crippen LogP contribution is 2.29. The number of anilines is 1. The van der Waals surface area contributed by atoms with Gasteiger partial charge in [-0.3, -0.25) is 9.20 Å². The number of pyridine rings is 1. The van der Waals surface area contributed by atoms with E-state index in [0.29, 0.717) is 5.65 Å². The quantitative estimate of drug-likeness (QED) is 0.699. The number of hydrogen-bond acceptors (Lipinski definition) is 3. The summed E-state index contributed by atoms with van der Waals surface area (Å²) in [6, 6.07) is 11.7. The highest BCUT2D eigenvalue weighted by atomic mass is 16.1. The Morgan fingerprint density at radius 1 is 1.12 bits per heavy atom. The molecule has 0 saturated carbocycles. The summed E-state index contributed by atoms with van der Waals surface area (Å²) in [5.41, 5.74) is 12.2. The van der Waals surface area contributed by atoms with Crippen molar-refractivity contribution in [2.24, 2.45) is 0 Å². The highest BCUT2D eigenvalue weighted by molar-refractivity contribution is 5.82. The minimum atomic E-state index is 0.0570. The maximum absolute atomic E-state index is 12.8. The molecule has 0 unspecified atom stereocenters. The zero-order valence-corrected chi connectivity index (χ0v) is 13.6. The summed E-state index contributed by atoms with van der Waals surface area (Å²) in [5, 5.41) is 0. The summed E-state index contributed by atoms with van der Waals surface area (Å²) in [6.45, 7) is 1.98. The van der Waals surface area contributed by atoms with Crippen molar-refractivity contribution >= 4 is 23.0 Å². The van der Waals surface area contributed by atoms with Crippen molar-refractivity contribution in [3.05, 3.63) is 75.3 Å². The first-order chi connectivity index (χ1) is 11.6. The summed E-state index contributed by atoms with van der Waals surface area (Å²) in [4.78, 5) is 17.6. The van der Waals surface area contributed by atoms with E-state index in [0.717, 1.165) is 52.9 Å². The molecule has 1 aromatic carbocycles. The maximum Gasteiger partial charge on any atom is 0.261 e. The van der Waals surface area contributed by atoms with Gasteiger partial charge in [0.25, 0.3) is 5.56 Å². The molecule has 2 aromatic heterocycles. The maximum atomic E-state index is 12.8. The molecule has 0 saturated heterocycles. The van der Waals surface area contributed by atoms with Gasteiger partial charge >= 0.3 is 0 Å². The summed E-state index contributed by atoms with van der Waals surface area (Å²) in [6.07, 6.45) is 6.68. The van der Waals surface area contributed by atoms with Gasteiger partial charge in [0, 0.05) is 17.4 Å². The van der Waals surface area contributed by atoms with Gasteiger partial charge in [-0.1, -0.05) is 18.2 Å². The van der Waals surface area contributed by atoms with E-state index in [1.165, 1.54) is 0 Å². The van der Waals surface area contributed by atoms with Crippen LogP contribution in [0.15, 0.2) is 47.4 Å². The van der Waals surface area contributed by atoms with Crippen LogP contribution in [0.5, 0.6) is 0 Å². The number of nitrogens with zero attached hydrogens (tertiary/aromatic N) is 2. The van der Waals surface area contributed by atoms with E-state index in [1.54, 1.807) is 4.40 Å². The second kappa shape index (κ2) is 5.64. The Kier molecular flexibility index (Phi) is 3.45. The monoisotopic (exact) mass is 317 g/mol. The van der Waals surface area contributed by atoms with Crippen molar-refractivity contribution < 1.29 is 0 Å². The molecular formula is C20H19N3O. The fraction of sp³-hybridized carbons (Fsp3) is 0.200. The van der Waals surface area contributed by atoms with Crippen LogP contribution in [-0.4, -0.2) is 9.38 Å². The number of nitrogens with two attached hydrogens (primary N) is 1. The summed E-state index contributed by atoms with van der Waals surface area (Å²) >= 11 is 0. The van der Waals surface area contributed by atoms with Crippen molar-refractivity contribution in [3.8, 4) is 0 Å². The Balaban J connectivity index is 1.91. The summed E-state index contributed by atoms with van der Waals surface area (Å²) < 4.78 is 1.67. The number of rotatable bonds is 1. The van der Waals surface area contributed by atoms with Gasteiger partial charge < -0.3 is 5.73 Å². The third-order valence-corrected chi connectivity index (χ3v) is 4.52. The molecule has 0 amide bonds. The fourth-order valence-corrected chi connectivity index (χ4v) is 3.28. The molecule has 0 fully saturated rings. The standard InChI is InChI=1S/C20H19N3O/c1-13-5-10-18-22-19-15(11-14-6-8-16(21)9-7-14)3-2-4-17(19)20(24)23(18)12-13/h5-12H,2-4,21H2,1H3. The largest absolute Gasteiger partial charge is 0.399 e. The molecular weight excluding hydrogens is 298 g/mol. The topological polar surface area (TPSA) is 60.4 Å². The van der Waals surface area contributed by atoms with E-state index >= 15 is 0 Å². The number of aromatic nitrogens is 2. The Hall–Kier alpha value is -2.88. The van der Waals surface area contributed by atoms with Crippen molar-refractivity contribution in [1.82, 2.24) is 9.38 Å². The van der Waals surface area contributed by atoms with E-state index in [1.807, 2.05) is 49.5 Å². The molecule has 2 N–H and O–H groups in total. The number of allylic oxidation sites excluding steroid dienone is 1. The SMILES string of the molecule is Cc1ccc2nc3c(c(=O)n2c1)CCCC3=Cc1ccc(N)cc1. The molecule has 0 spiro atoms. The molecule has 0 bridgehead atoms. The highest BCUT2D eigenvalue weighted by Gasteiger charge is 2.20. The molecule has 0 aliphatic heterocycles. The molecule has 4 nitrogen and oxygen atoms in total. The molecule has 2 heterocycles. The lowest BCUT2D eigenvalue weighted by molar-refractivity contribution is 0.786. The number of benzene rings is 1. The molecule has 1 aliphatic carbocycles. The van der Waals surface area contributed by atoms with Crippen LogP contribution in [0.4, 0.5) is 5.69 Å². The molecule has 24 heavy (non-hydrogen) atoms. The zero-order chi connectivity index (χ0) is 16.7. The lowest BCUT2D eigenvalue weighted by Crippen LogP contribution is -2.24. The van der Waals surface area contributed by atoms with Gasteiger partial charge in [-0.05, 0) is 67.2 Å². The van der Waals surface area contributed by atoms with Crippen LogP contribution in [0, 0.1) is 6.92 Å². The van der Waals surface area contributed by atoms with Crippen LogP contribution in [0.25, 0.3) is 17.3 Å². The van der Waals surface area contributed by atoms with E-state index in [-0.39, 0.29) is 5.56 Å². The van der Waals surface area contributed by atoms with E-state index < -0.39 is 0 Å². The third-order valence-electron chi connectivity index (χ3n) is 4.52. The van der Waals surface area contributed by atoms with Gasteiger partial charge in [-0.2, -0.15) is 0 Å². The minimum absolute atomic E-state index is 0.0570. The van der Waals surface area contributed by atoms with Crippen LogP contribution in [-0.2, 0) is 6.42 Å². The first-order valence-corrected chi connectivity index (χ1v) is 8.20. The van der Waals surface area contributed by atoms with Crippen LogP contribution in [0.1, 0.15) is 35.2 Å². The Labute approximate surface area is 140 Å². The van der Waals surface area contributed by atoms with Crippen LogP contribution < -0.4 is 11.3 Å². The Bertz CT molecular complexity index is 1010. The van der Waals surface area contributed by atoms with Gasteiger partial charge in [0.2, 0.25) is 0 Å². The second-order valence-electron chi connectivity index (χ2n) is 6.37. The van der Waals surface area contributed by atoms with E-state index in [4.69, 9.17) is 10.7 Å². The Morgan fingerprint density at radius 3 is 2.71 bits per heavy atom. The molecule has 1 aliphatic rings. The molecule has 3 aromatic rings. The molecule has 0 atom stereocenters. The van der Waals surface area contributed by atoms with Crippen LogP contribution in [0.3, 0.4) is 0 Å². The van der Waals surface area contributed by atoms with E-state index in [9.17, 15) is 4.79 Å². The van der Waals surface area contributed by atoms with Crippen molar-refractivity contribution in [2.75, 3.05) is 5.73 Å². The average molecular weight is 317 g/mol. The van der Waals surface area contributed by atoms with Gasteiger partial charge in [0.15, 0.2) is 0 Å². The summed E-state index contributed by atoms with van der Waals surface area (Å²) in [7, 11) is 0. The van der Waals surface area contributed by atoms with E-state index in [2.05, 4.69) is 6.08 Å². The van der Waals surface area contributed by atoms with Crippen molar-refractivity contribution in [1.29, 1.82) is 0 Å². The number of nitrogen functional groups attached to an aromatic ring is 1. The fourth-order valence-electron chi connectivity index (χ4n) is 3.28. The van der Waals surface area contributed by atoms with Crippen molar-refractivity contribution in [2.45, 2.75) is 26.2 Å². The molecule has 4 rings (SSSR count). The average Bonchev–Trinajstić information content (AvgIpc) is 2.58. The normalized spacial score (nSPS) is 15.6. The van der Waals surface area contributed by atoms with Crippen molar-refractivity contribution in [3.63, 3.8) is 0 Å². The third kappa shape index (κ3) is 2.50. The van der Waals surface area contributed by atoms with Crippen LogP contribution in [0.2, 0.25) is 0 Å². The number of aryl methyl sites for hydroxylation is 1. The van der Waals surface area contributed by atoms with Gasteiger partial charge in [0.05, 0.1) is 5.69 Å². The molecule has 120 valence electrons. The molecule has 0 radical (unpaired) electrons. The number of hydrogen-bond donors (Lipinski definition) is 1. The number of fused-ring (bicyclic) bond motifs is 2. The zero-order valence-electron chi connectivity index (χ0n) is 13.6. The first kappa shape index (κ1) is 14.7. The first-order valence-electron chi connectivity index (χ1n) is 8.20. The lowest BCUT2D eigenvalue weighted by atomic mass is 9.90. The predicted octanol–water partition coefficient (Wildman–Crippen LogP) is 3.46. The second-order valence-corrected chi connectivity index (χ2v) is 6.37.